The van der Waals surface area contributed by atoms with Crippen LogP contribution in [0.2, 0.25) is 0 Å². The van der Waals surface area contributed by atoms with Crippen molar-refractivity contribution in [3.05, 3.63) is 95.1 Å². The van der Waals surface area contributed by atoms with Gasteiger partial charge in [0.25, 0.3) is 5.91 Å². The summed E-state index contributed by atoms with van der Waals surface area (Å²) in [7, 11) is 1.48. The van der Waals surface area contributed by atoms with Gasteiger partial charge in [0, 0.05) is 32.2 Å². The van der Waals surface area contributed by atoms with Crippen LogP contribution in [0.1, 0.15) is 22.7 Å². The molecule has 0 aliphatic carbocycles. The SMILES string of the molecule is COc1cc(C#N)ccc1OCC(=O)N1CCN(C(c2ccc(F)cc2)c2ccc(F)cc2)CC1. The predicted molar refractivity (Wildman–Crippen MR) is 126 cm³/mol. The molecule has 0 unspecified atom stereocenters. The molecule has 0 spiro atoms. The summed E-state index contributed by atoms with van der Waals surface area (Å²) < 4.78 is 38.0. The van der Waals surface area contributed by atoms with Gasteiger partial charge in [0.05, 0.1) is 24.8 Å². The molecular weight excluding hydrogens is 452 g/mol. The molecule has 1 aliphatic rings. The van der Waals surface area contributed by atoms with Crippen molar-refractivity contribution in [3.63, 3.8) is 0 Å². The Kier molecular flexibility index (Phi) is 7.58. The molecule has 35 heavy (non-hydrogen) atoms. The Hall–Kier alpha value is -3.96. The van der Waals surface area contributed by atoms with Crippen LogP contribution in [0.25, 0.3) is 0 Å². The van der Waals surface area contributed by atoms with E-state index >= 15 is 0 Å². The zero-order valence-corrected chi connectivity index (χ0v) is 19.3. The van der Waals surface area contributed by atoms with Crippen molar-refractivity contribution in [1.29, 1.82) is 5.26 Å². The van der Waals surface area contributed by atoms with Gasteiger partial charge in [-0.25, -0.2) is 8.78 Å². The van der Waals surface area contributed by atoms with Crippen LogP contribution in [0.3, 0.4) is 0 Å². The maximum absolute atomic E-state index is 13.5. The lowest BCUT2D eigenvalue weighted by Crippen LogP contribution is -2.51. The largest absolute Gasteiger partial charge is 0.493 e. The number of ether oxygens (including phenoxy) is 2. The second-order valence-corrected chi connectivity index (χ2v) is 8.19. The van der Waals surface area contributed by atoms with Crippen molar-refractivity contribution in [1.82, 2.24) is 9.80 Å². The summed E-state index contributed by atoms with van der Waals surface area (Å²) in [6.07, 6.45) is 0. The average Bonchev–Trinajstić information content (AvgIpc) is 2.90. The van der Waals surface area contributed by atoms with Gasteiger partial charge in [-0.1, -0.05) is 24.3 Å². The summed E-state index contributed by atoms with van der Waals surface area (Å²) in [6, 6.07) is 19.2. The first-order valence-corrected chi connectivity index (χ1v) is 11.2. The highest BCUT2D eigenvalue weighted by atomic mass is 19.1. The van der Waals surface area contributed by atoms with Crippen molar-refractivity contribution in [2.75, 3.05) is 39.9 Å². The third kappa shape index (κ3) is 5.76. The number of benzene rings is 3. The van der Waals surface area contributed by atoms with Gasteiger partial charge in [-0.3, -0.25) is 9.69 Å². The van der Waals surface area contributed by atoms with Crippen LogP contribution < -0.4 is 9.47 Å². The van der Waals surface area contributed by atoms with Crippen LogP contribution in [0.4, 0.5) is 8.78 Å². The molecule has 6 nitrogen and oxygen atoms in total. The van der Waals surface area contributed by atoms with Crippen molar-refractivity contribution in [2.24, 2.45) is 0 Å². The molecule has 4 rings (SSSR count). The molecule has 0 atom stereocenters. The number of halogens is 2. The van der Waals surface area contributed by atoms with E-state index in [0.717, 1.165) is 11.1 Å². The molecule has 0 saturated carbocycles. The van der Waals surface area contributed by atoms with Crippen molar-refractivity contribution in [3.8, 4) is 17.6 Å². The predicted octanol–water partition coefficient (Wildman–Crippen LogP) is 4.16. The van der Waals surface area contributed by atoms with Crippen LogP contribution >= 0.6 is 0 Å². The van der Waals surface area contributed by atoms with Gasteiger partial charge in [0.1, 0.15) is 11.6 Å². The molecular formula is C27H25F2N3O3. The van der Waals surface area contributed by atoms with Gasteiger partial charge < -0.3 is 14.4 Å². The quantitative estimate of drug-likeness (QED) is 0.511. The Morgan fingerprint density at radius 1 is 0.914 bits per heavy atom. The first-order chi connectivity index (χ1) is 17.0. The lowest BCUT2D eigenvalue weighted by Gasteiger charge is -2.39. The Balaban J connectivity index is 1.41. The molecule has 3 aromatic rings. The van der Waals surface area contributed by atoms with Crippen molar-refractivity contribution in [2.45, 2.75) is 6.04 Å². The number of carbonyl (C=O) groups excluding carboxylic acids is 1. The van der Waals surface area contributed by atoms with E-state index in [1.807, 2.05) is 6.07 Å². The fourth-order valence-corrected chi connectivity index (χ4v) is 4.22. The summed E-state index contributed by atoms with van der Waals surface area (Å²) in [5.41, 5.74) is 2.23. The minimum absolute atomic E-state index is 0.151. The lowest BCUT2D eigenvalue weighted by molar-refractivity contribution is -0.135. The molecule has 0 aromatic heterocycles. The number of piperazine rings is 1. The van der Waals surface area contributed by atoms with Crippen molar-refractivity contribution < 1.29 is 23.0 Å². The normalized spacial score (nSPS) is 14.0. The van der Waals surface area contributed by atoms with Crippen LogP contribution in [-0.4, -0.2) is 55.6 Å². The zero-order valence-electron chi connectivity index (χ0n) is 19.3. The highest BCUT2D eigenvalue weighted by molar-refractivity contribution is 5.78. The first-order valence-electron chi connectivity index (χ1n) is 11.2. The molecule has 1 aliphatic heterocycles. The van der Waals surface area contributed by atoms with Gasteiger partial charge in [0.2, 0.25) is 0 Å². The topological polar surface area (TPSA) is 65.8 Å². The van der Waals surface area contributed by atoms with Gasteiger partial charge in [-0.2, -0.15) is 5.26 Å². The molecule has 8 heteroatoms. The smallest absolute Gasteiger partial charge is 0.260 e. The van der Waals surface area contributed by atoms with Crippen LogP contribution in [0.5, 0.6) is 11.5 Å². The fourth-order valence-electron chi connectivity index (χ4n) is 4.22. The van der Waals surface area contributed by atoms with E-state index in [2.05, 4.69) is 4.90 Å². The summed E-state index contributed by atoms with van der Waals surface area (Å²) >= 11 is 0. The third-order valence-corrected chi connectivity index (χ3v) is 6.05. The fraction of sp³-hybridized carbons (Fsp3) is 0.259. The number of hydrogen-bond acceptors (Lipinski definition) is 5. The minimum atomic E-state index is -0.319. The number of carbonyl (C=O) groups is 1. The zero-order chi connectivity index (χ0) is 24.8. The Bertz CT molecular complexity index is 1160. The average molecular weight is 478 g/mol. The first kappa shape index (κ1) is 24.2. The van der Waals surface area contributed by atoms with Gasteiger partial charge in [-0.05, 0) is 47.5 Å². The highest BCUT2D eigenvalue weighted by Crippen LogP contribution is 2.31. The standard InChI is InChI=1S/C27H25F2N3O3/c1-34-25-16-19(17-30)2-11-24(25)35-18-26(33)31-12-14-32(15-13-31)27(20-3-7-22(28)8-4-20)21-5-9-23(29)10-6-21/h2-11,16,27H,12-15,18H2,1H3. The summed E-state index contributed by atoms with van der Waals surface area (Å²) in [6.45, 7) is 2.01. The monoisotopic (exact) mass is 477 g/mol. The number of rotatable bonds is 7. The second kappa shape index (κ2) is 11.0. The summed E-state index contributed by atoms with van der Waals surface area (Å²) in [5.74, 6) is -0.00714. The minimum Gasteiger partial charge on any atom is -0.493 e. The molecule has 3 aromatic carbocycles. The van der Waals surface area contributed by atoms with Gasteiger partial charge in [-0.15, -0.1) is 0 Å². The highest BCUT2D eigenvalue weighted by Gasteiger charge is 2.28. The van der Waals surface area contributed by atoms with E-state index in [1.54, 1.807) is 47.4 Å². The van der Waals surface area contributed by atoms with Crippen LogP contribution in [0, 0.1) is 23.0 Å². The van der Waals surface area contributed by atoms with Gasteiger partial charge in [0.15, 0.2) is 18.1 Å². The van der Waals surface area contributed by atoms with E-state index in [4.69, 9.17) is 14.7 Å². The van der Waals surface area contributed by atoms with Crippen molar-refractivity contribution >= 4 is 5.91 Å². The molecule has 1 saturated heterocycles. The Morgan fingerprint density at radius 2 is 1.49 bits per heavy atom. The molecule has 0 N–H and O–H groups in total. The molecule has 1 fully saturated rings. The number of nitrogens with zero attached hydrogens (tertiary/aromatic N) is 3. The molecule has 0 bridgehead atoms. The lowest BCUT2D eigenvalue weighted by atomic mass is 9.96. The molecule has 180 valence electrons. The Morgan fingerprint density at radius 3 is 2.00 bits per heavy atom. The number of amides is 1. The van der Waals surface area contributed by atoms with E-state index in [0.29, 0.717) is 43.2 Å². The molecule has 0 radical (unpaired) electrons. The number of hydrogen-bond donors (Lipinski definition) is 0. The maximum atomic E-state index is 13.5. The van der Waals surface area contributed by atoms with E-state index in [-0.39, 0.29) is 30.2 Å². The maximum Gasteiger partial charge on any atom is 0.260 e. The van der Waals surface area contributed by atoms with Gasteiger partial charge >= 0.3 is 0 Å². The number of methoxy groups -OCH3 is 1. The Labute approximate surface area is 202 Å². The third-order valence-electron chi connectivity index (χ3n) is 6.05. The van der Waals surface area contributed by atoms with Crippen LogP contribution in [-0.2, 0) is 4.79 Å². The van der Waals surface area contributed by atoms with E-state index in [1.165, 1.54) is 31.4 Å². The number of nitriles is 1. The van der Waals surface area contributed by atoms with E-state index < -0.39 is 0 Å². The second-order valence-electron chi connectivity index (χ2n) is 8.19. The van der Waals surface area contributed by atoms with E-state index in [9.17, 15) is 13.6 Å². The van der Waals surface area contributed by atoms with Crippen LogP contribution in [0.15, 0.2) is 66.7 Å². The summed E-state index contributed by atoms with van der Waals surface area (Å²) in [4.78, 5) is 16.7. The molecule has 1 heterocycles. The molecule has 1 amide bonds. The summed E-state index contributed by atoms with van der Waals surface area (Å²) in [5, 5.41) is 9.02.